The minimum absolute atomic E-state index is 0.105. The molecule has 1 saturated heterocycles. The van der Waals surface area contributed by atoms with E-state index >= 15 is 0 Å². The summed E-state index contributed by atoms with van der Waals surface area (Å²) in [5.41, 5.74) is 1.04. The molecule has 1 aromatic carbocycles. The Labute approximate surface area is 183 Å². The van der Waals surface area contributed by atoms with Crippen LogP contribution >= 0.6 is 0 Å². The number of nitrogens with zero attached hydrogens (tertiary/aromatic N) is 3. The number of anilines is 1. The summed E-state index contributed by atoms with van der Waals surface area (Å²) in [5.74, 6) is 2.04. The SMILES string of the molecule is CCNC(=NCc1ccc(N2CCOC(C)C2)nc1)NCC(C)Oc1ccc(F)cc1. The van der Waals surface area contributed by atoms with Crippen LogP contribution in [-0.4, -0.2) is 55.9 Å². The smallest absolute Gasteiger partial charge is 0.191 e. The molecule has 31 heavy (non-hydrogen) atoms. The molecule has 2 atom stereocenters. The molecular formula is C23H32FN5O2. The molecule has 2 aromatic rings. The maximum atomic E-state index is 13.0. The summed E-state index contributed by atoms with van der Waals surface area (Å²) in [4.78, 5) is 11.5. The fourth-order valence-corrected chi connectivity index (χ4v) is 3.26. The lowest BCUT2D eigenvalue weighted by atomic mass is 10.2. The molecule has 0 spiro atoms. The van der Waals surface area contributed by atoms with Crippen LogP contribution in [0.1, 0.15) is 26.3 Å². The van der Waals surface area contributed by atoms with Gasteiger partial charge in [-0.3, -0.25) is 0 Å². The number of aromatic nitrogens is 1. The van der Waals surface area contributed by atoms with Crippen LogP contribution in [0.15, 0.2) is 47.6 Å². The van der Waals surface area contributed by atoms with Gasteiger partial charge in [0.2, 0.25) is 0 Å². The van der Waals surface area contributed by atoms with Crippen LogP contribution in [0.2, 0.25) is 0 Å². The van der Waals surface area contributed by atoms with Crippen LogP contribution in [0.25, 0.3) is 0 Å². The number of hydrogen-bond acceptors (Lipinski definition) is 5. The van der Waals surface area contributed by atoms with E-state index in [1.165, 1.54) is 12.1 Å². The molecule has 1 aliphatic heterocycles. The van der Waals surface area contributed by atoms with E-state index in [0.29, 0.717) is 24.8 Å². The molecule has 0 radical (unpaired) electrons. The van der Waals surface area contributed by atoms with E-state index in [1.54, 1.807) is 12.1 Å². The highest BCUT2D eigenvalue weighted by Gasteiger charge is 2.17. The minimum Gasteiger partial charge on any atom is -0.489 e. The molecule has 168 valence electrons. The number of morpholine rings is 1. The first kappa shape index (κ1) is 22.8. The third-order valence-electron chi connectivity index (χ3n) is 4.85. The highest BCUT2D eigenvalue weighted by Crippen LogP contribution is 2.16. The molecule has 0 saturated carbocycles. The molecule has 1 aromatic heterocycles. The van der Waals surface area contributed by atoms with Gasteiger partial charge >= 0.3 is 0 Å². The van der Waals surface area contributed by atoms with Crippen LogP contribution in [-0.2, 0) is 11.3 Å². The second kappa shape index (κ2) is 11.5. The van der Waals surface area contributed by atoms with Gasteiger partial charge in [0.05, 0.1) is 25.8 Å². The molecule has 3 rings (SSSR count). The van der Waals surface area contributed by atoms with Crippen molar-refractivity contribution >= 4 is 11.8 Å². The van der Waals surface area contributed by atoms with Gasteiger partial charge in [0, 0.05) is 25.8 Å². The normalized spacial score (nSPS) is 17.9. The lowest BCUT2D eigenvalue weighted by Crippen LogP contribution is -2.41. The maximum absolute atomic E-state index is 13.0. The number of rotatable bonds is 8. The van der Waals surface area contributed by atoms with Crippen LogP contribution in [0, 0.1) is 5.82 Å². The summed E-state index contributed by atoms with van der Waals surface area (Å²) in [7, 11) is 0. The van der Waals surface area contributed by atoms with E-state index < -0.39 is 0 Å². The van der Waals surface area contributed by atoms with Crippen molar-refractivity contribution in [3.05, 3.63) is 54.0 Å². The highest BCUT2D eigenvalue weighted by molar-refractivity contribution is 5.79. The average Bonchev–Trinajstić information content (AvgIpc) is 2.77. The summed E-state index contributed by atoms with van der Waals surface area (Å²) in [6.45, 7) is 10.4. The van der Waals surface area contributed by atoms with E-state index in [2.05, 4.69) is 38.5 Å². The molecule has 2 unspecified atom stereocenters. The summed E-state index contributed by atoms with van der Waals surface area (Å²) >= 11 is 0. The van der Waals surface area contributed by atoms with Crippen LogP contribution in [0.4, 0.5) is 10.2 Å². The molecule has 8 heteroatoms. The number of hydrogen-bond donors (Lipinski definition) is 2. The van der Waals surface area contributed by atoms with Crippen molar-refractivity contribution in [2.24, 2.45) is 4.99 Å². The number of benzene rings is 1. The van der Waals surface area contributed by atoms with Crippen molar-refractivity contribution in [3.8, 4) is 5.75 Å². The zero-order valence-electron chi connectivity index (χ0n) is 18.5. The molecular weight excluding hydrogens is 397 g/mol. The molecule has 0 amide bonds. The first-order chi connectivity index (χ1) is 15.0. The fourth-order valence-electron chi connectivity index (χ4n) is 3.26. The second-order valence-electron chi connectivity index (χ2n) is 7.61. The van der Waals surface area contributed by atoms with Crippen molar-refractivity contribution in [1.82, 2.24) is 15.6 Å². The zero-order chi connectivity index (χ0) is 22.1. The lowest BCUT2D eigenvalue weighted by Gasteiger charge is -2.32. The lowest BCUT2D eigenvalue weighted by molar-refractivity contribution is 0.0529. The largest absolute Gasteiger partial charge is 0.489 e. The second-order valence-corrected chi connectivity index (χ2v) is 7.61. The van der Waals surface area contributed by atoms with Crippen LogP contribution < -0.4 is 20.3 Å². The third kappa shape index (κ3) is 7.40. The number of nitrogens with one attached hydrogen (secondary N) is 2. The quantitative estimate of drug-likeness (QED) is 0.497. The number of guanidine groups is 1. The van der Waals surface area contributed by atoms with Gasteiger partial charge in [0.1, 0.15) is 23.5 Å². The standard InChI is InChI=1S/C23H32FN5O2/c1-4-25-23(27-13-17(2)31-21-8-6-20(24)7-9-21)28-15-19-5-10-22(26-14-19)29-11-12-30-18(3)16-29/h5-10,14,17-18H,4,11-13,15-16H2,1-3H3,(H2,25,27,28). The van der Waals surface area contributed by atoms with Gasteiger partial charge in [0.15, 0.2) is 5.96 Å². The molecule has 7 nitrogen and oxygen atoms in total. The van der Waals surface area contributed by atoms with Crippen molar-refractivity contribution < 1.29 is 13.9 Å². The topological polar surface area (TPSA) is 71.0 Å². The Morgan fingerprint density at radius 3 is 2.77 bits per heavy atom. The van der Waals surface area contributed by atoms with Gasteiger partial charge in [0.25, 0.3) is 0 Å². The Hall–Kier alpha value is -2.87. The maximum Gasteiger partial charge on any atom is 0.191 e. The van der Waals surface area contributed by atoms with Crippen molar-refractivity contribution in [3.63, 3.8) is 0 Å². The number of pyridine rings is 1. The Balaban J connectivity index is 1.50. The monoisotopic (exact) mass is 429 g/mol. The Morgan fingerprint density at radius 1 is 1.29 bits per heavy atom. The summed E-state index contributed by atoms with van der Waals surface area (Å²) < 4.78 is 24.4. The van der Waals surface area contributed by atoms with Gasteiger partial charge in [-0.25, -0.2) is 14.4 Å². The van der Waals surface area contributed by atoms with E-state index in [0.717, 1.165) is 37.6 Å². The van der Waals surface area contributed by atoms with Gasteiger partial charge in [-0.1, -0.05) is 6.07 Å². The first-order valence-corrected chi connectivity index (χ1v) is 10.8. The molecule has 2 N–H and O–H groups in total. The van der Waals surface area contributed by atoms with E-state index in [-0.39, 0.29) is 18.0 Å². The van der Waals surface area contributed by atoms with Gasteiger partial charge in [-0.15, -0.1) is 0 Å². The number of aliphatic imine (C=N–C) groups is 1. The fraction of sp³-hybridized carbons (Fsp3) is 0.478. The summed E-state index contributed by atoms with van der Waals surface area (Å²) in [6.07, 6.45) is 2.00. The van der Waals surface area contributed by atoms with Crippen molar-refractivity contribution in [1.29, 1.82) is 0 Å². The first-order valence-electron chi connectivity index (χ1n) is 10.8. The zero-order valence-corrected chi connectivity index (χ0v) is 18.5. The van der Waals surface area contributed by atoms with Gasteiger partial charge < -0.3 is 25.0 Å². The Bertz CT molecular complexity index is 829. The summed E-state index contributed by atoms with van der Waals surface area (Å²) in [5, 5.41) is 6.53. The third-order valence-corrected chi connectivity index (χ3v) is 4.85. The van der Waals surface area contributed by atoms with Gasteiger partial charge in [-0.05, 0) is 56.7 Å². The molecule has 0 bridgehead atoms. The van der Waals surface area contributed by atoms with Crippen LogP contribution in [0.3, 0.4) is 0 Å². The van der Waals surface area contributed by atoms with E-state index in [9.17, 15) is 4.39 Å². The number of halogens is 1. The van der Waals surface area contributed by atoms with Crippen molar-refractivity contribution in [2.75, 3.05) is 37.7 Å². The highest BCUT2D eigenvalue weighted by atomic mass is 19.1. The van der Waals surface area contributed by atoms with Crippen LogP contribution in [0.5, 0.6) is 5.75 Å². The van der Waals surface area contributed by atoms with E-state index in [4.69, 9.17) is 9.47 Å². The molecule has 1 fully saturated rings. The predicted molar refractivity (Wildman–Crippen MR) is 121 cm³/mol. The number of ether oxygens (including phenoxy) is 2. The minimum atomic E-state index is -0.276. The predicted octanol–water partition coefficient (Wildman–Crippen LogP) is 2.97. The Kier molecular flexibility index (Phi) is 8.46. The summed E-state index contributed by atoms with van der Waals surface area (Å²) in [6, 6.07) is 10.1. The molecule has 1 aliphatic rings. The van der Waals surface area contributed by atoms with Crippen molar-refractivity contribution in [2.45, 2.75) is 39.5 Å². The van der Waals surface area contributed by atoms with Gasteiger partial charge in [-0.2, -0.15) is 0 Å². The molecule has 2 heterocycles. The average molecular weight is 430 g/mol. The van der Waals surface area contributed by atoms with E-state index in [1.807, 2.05) is 26.1 Å². The molecule has 0 aliphatic carbocycles. The Morgan fingerprint density at radius 2 is 2.10 bits per heavy atom.